The van der Waals surface area contributed by atoms with Crippen LogP contribution in [-0.4, -0.2) is 17.9 Å². The largest absolute Gasteiger partial charge is 0.368 e. The van der Waals surface area contributed by atoms with Crippen LogP contribution in [0.15, 0.2) is 36.4 Å². The maximum Gasteiger partial charge on any atom is 0.252 e. The fourth-order valence-corrected chi connectivity index (χ4v) is 2.25. The van der Waals surface area contributed by atoms with E-state index in [4.69, 9.17) is 5.73 Å². The highest BCUT2D eigenvalue weighted by Crippen LogP contribution is 2.22. The molecule has 0 aliphatic rings. The van der Waals surface area contributed by atoms with E-state index >= 15 is 0 Å². The molecule has 0 aliphatic heterocycles. The number of nitrogens with two attached hydrogens (primary N) is 1. The summed E-state index contributed by atoms with van der Waals surface area (Å²) in [6.45, 7) is 3.58. The smallest absolute Gasteiger partial charge is 0.252 e. The molecule has 2 aromatic rings. The van der Waals surface area contributed by atoms with Crippen LogP contribution in [0.25, 0.3) is 10.8 Å². The molecule has 0 aromatic heterocycles. The van der Waals surface area contributed by atoms with Gasteiger partial charge in [-0.25, -0.2) is 4.39 Å². The van der Waals surface area contributed by atoms with Gasteiger partial charge >= 0.3 is 0 Å². The molecule has 0 saturated heterocycles. The Morgan fingerprint density at radius 2 is 1.71 bits per heavy atom. The zero-order valence-electron chi connectivity index (χ0n) is 11.9. The van der Waals surface area contributed by atoms with Crippen LogP contribution in [0.3, 0.4) is 0 Å². The monoisotopic (exact) mass is 288 g/mol. The fraction of sp³-hybridized carbons (Fsp3) is 0.250. The minimum Gasteiger partial charge on any atom is -0.368 e. The first-order chi connectivity index (χ1) is 9.91. The summed E-state index contributed by atoms with van der Waals surface area (Å²) < 4.78 is 13.7. The lowest BCUT2D eigenvalue weighted by atomic mass is 10.0. The first kappa shape index (κ1) is 15.0. The van der Waals surface area contributed by atoms with Gasteiger partial charge in [0.15, 0.2) is 0 Å². The molecular formula is C16H17FN2O2. The summed E-state index contributed by atoms with van der Waals surface area (Å²) in [5, 5.41) is 3.48. The van der Waals surface area contributed by atoms with E-state index in [0.717, 1.165) is 0 Å². The normalized spacial score (nSPS) is 12.4. The number of nitrogens with one attached hydrogen (secondary N) is 1. The number of halogens is 1. The molecule has 2 rings (SSSR count). The number of fused-ring (bicyclic) bond motifs is 1. The van der Waals surface area contributed by atoms with Crippen molar-refractivity contribution in [2.24, 2.45) is 11.7 Å². The van der Waals surface area contributed by atoms with Crippen molar-refractivity contribution in [2.45, 2.75) is 19.9 Å². The van der Waals surface area contributed by atoms with Crippen molar-refractivity contribution in [1.29, 1.82) is 0 Å². The highest BCUT2D eigenvalue weighted by molar-refractivity contribution is 6.08. The standard InChI is InChI=1S/C16H17FN2O2/c1-9(2)14(15(18)20)19-16(21)12-7-8-13(17)11-6-4-3-5-10(11)12/h3-9,14H,1-2H3,(H2,18,20)(H,19,21). The van der Waals surface area contributed by atoms with E-state index in [-0.39, 0.29) is 5.92 Å². The van der Waals surface area contributed by atoms with Crippen molar-refractivity contribution in [3.63, 3.8) is 0 Å². The lowest BCUT2D eigenvalue weighted by Gasteiger charge is -2.19. The average molecular weight is 288 g/mol. The number of primary amides is 1. The van der Waals surface area contributed by atoms with Crippen LogP contribution in [0.4, 0.5) is 4.39 Å². The molecule has 4 nitrogen and oxygen atoms in total. The lowest BCUT2D eigenvalue weighted by Crippen LogP contribution is -2.47. The van der Waals surface area contributed by atoms with Gasteiger partial charge < -0.3 is 11.1 Å². The first-order valence-corrected chi connectivity index (χ1v) is 6.69. The van der Waals surface area contributed by atoms with Gasteiger partial charge in [0.2, 0.25) is 5.91 Å². The van der Waals surface area contributed by atoms with Crippen LogP contribution < -0.4 is 11.1 Å². The van der Waals surface area contributed by atoms with Gasteiger partial charge in [-0.05, 0) is 23.4 Å². The van der Waals surface area contributed by atoms with Gasteiger partial charge in [0.25, 0.3) is 5.91 Å². The van der Waals surface area contributed by atoms with Gasteiger partial charge in [0, 0.05) is 10.9 Å². The van der Waals surface area contributed by atoms with Gasteiger partial charge in [-0.3, -0.25) is 9.59 Å². The van der Waals surface area contributed by atoms with E-state index in [1.807, 2.05) is 0 Å². The maximum atomic E-state index is 13.7. The summed E-state index contributed by atoms with van der Waals surface area (Å²) in [7, 11) is 0. The summed E-state index contributed by atoms with van der Waals surface area (Å²) in [6.07, 6.45) is 0. The van der Waals surface area contributed by atoms with E-state index in [1.54, 1.807) is 38.1 Å². The Kier molecular flexibility index (Phi) is 4.21. The number of amides is 2. The number of carbonyl (C=O) groups excluding carboxylic acids is 2. The fourth-order valence-electron chi connectivity index (χ4n) is 2.25. The Bertz CT molecular complexity index is 698. The van der Waals surface area contributed by atoms with Crippen molar-refractivity contribution in [3.8, 4) is 0 Å². The Balaban J connectivity index is 2.40. The molecule has 0 heterocycles. The van der Waals surface area contributed by atoms with Crippen LogP contribution in [0.2, 0.25) is 0 Å². The van der Waals surface area contributed by atoms with Gasteiger partial charge in [0.1, 0.15) is 11.9 Å². The number of rotatable bonds is 4. The minimum absolute atomic E-state index is 0.127. The molecule has 2 amide bonds. The molecule has 0 spiro atoms. The highest BCUT2D eigenvalue weighted by Gasteiger charge is 2.23. The SMILES string of the molecule is CC(C)C(NC(=O)c1ccc(F)c2ccccc12)C(N)=O. The Morgan fingerprint density at radius 3 is 2.29 bits per heavy atom. The number of benzene rings is 2. The summed E-state index contributed by atoms with van der Waals surface area (Å²) >= 11 is 0. The van der Waals surface area contributed by atoms with Crippen LogP contribution in [0.1, 0.15) is 24.2 Å². The molecule has 3 N–H and O–H groups in total. The summed E-state index contributed by atoms with van der Waals surface area (Å²) in [4.78, 5) is 23.7. The van der Waals surface area contributed by atoms with Crippen molar-refractivity contribution in [1.82, 2.24) is 5.32 Å². The van der Waals surface area contributed by atoms with Crippen molar-refractivity contribution < 1.29 is 14.0 Å². The molecule has 21 heavy (non-hydrogen) atoms. The third kappa shape index (κ3) is 3.02. The second-order valence-corrected chi connectivity index (χ2v) is 5.24. The number of carbonyl (C=O) groups is 2. The van der Waals surface area contributed by atoms with Crippen LogP contribution in [0.5, 0.6) is 0 Å². The average Bonchev–Trinajstić information content (AvgIpc) is 2.44. The van der Waals surface area contributed by atoms with Crippen LogP contribution in [0, 0.1) is 11.7 Å². The second kappa shape index (κ2) is 5.91. The molecule has 0 bridgehead atoms. The second-order valence-electron chi connectivity index (χ2n) is 5.24. The Hall–Kier alpha value is -2.43. The molecular weight excluding hydrogens is 271 g/mol. The molecule has 0 radical (unpaired) electrons. The van der Waals surface area contributed by atoms with Crippen molar-refractivity contribution >= 4 is 22.6 Å². The quantitative estimate of drug-likeness (QED) is 0.905. The summed E-state index contributed by atoms with van der Waals surface area (Å²) in [5.41, 5.74) is 5.61. The minimum atomic E-state index is -0.763. The Morgan fingerprint density at radius 1 is 1.10 bits per heavy atom. The first-order valence-electron chi connectivity index (χ1n) is 6.69. The zero-order valence-corrected chi connectivity index (χ0v) is 11.9. The van der Waals surface area contributed by atoms with Crippen LogP contribution >= 0.6 is 0 Å². The molecule has 0 aliphatic carbocycles. The van der Waals surface area contributed by atoms with Crippen molar-refractivity contribution in [3.05, 3.63) is 47.8 Å². The van der Waals surface area contributed by atoms with E-state index in [0.29, 0.717) is 16.3 Å². The predicted octanol–water partition coefficient (Wildman–Crippen LogP) is 2.22. The van der Waals surface area contributed by atoms with Gasteiger partial charge in [-0.2, -0.15) is 0 Å². The van der Waals surface area contributed by atoms with E-state index in [2.05, 4.69) is 5.32 Å². The molecule has 0 fully saturated rings. The molecule has 2 aromatic carbocycles. The highest BCUT2D eigenvalue weighted by atomic mass is 19.1. The topological polar surface area (TPSA) is 72.2 Å². The lowest BCUT2D eigenvalue weighted by molar-refractivity contribution is -0.120. The van der Waals surface area contributed by atoms with Gasteiger partial charge in [-0.1, -0.05) is 38.1 Å². The molecule has 5 heteroatoms. The third-order valence-corrected chi connectivity index (χ3v) is 3.38. The van der Waals surface area contributed by atoms with E-state index in [9.17, 15) is 14.0 Å². The third-order valence-electron chi connectivity index (χ3n) is 3.38. The maximum absolute atomic E-state index is 13.7. The zero-order chi connectivity index (χ0) is 15.6. The number of hydrogen-bond acceptors (Lipinski definition) is 2. The van der Waals surface area contributed by atoms with Crippen LogP contribution in [-0.2, 0) is 4.79 Å². The molecule has 0 saturated carbocycles. The van der Waals surface area contributed by atoms with Crippen molar-refractivity contribution in [2.75, 3.05) is 0 Å². The summed E-state index contributed by atoms with van der Waals surface area (Å²) in [6, 6.07) is 8.59. The summed E-state index contributed by atoms with van der Waals surface area (Å²) in [5.74, 6) is -1.55. The van der Waals surface area contributed by atoms with E-state index < -0.39 is 23.7 Å². The molecule has 1 unspecified atom stereocenters. The van der Waals surface area contributed by atoms with E-state index in [1.165, 1.54) is 12.1 Å². The molecule has 110 valence electrons. The number of hydrogen-bond donors (Lipinski definition) is 2. The van der Waals surface area contributed by atoms with Gasteiger partial charge in [-0.15, -0.1) is 0 Å². The Labute approximate surface area is 122 Å². The predicted molar refractivity (Wildman–Crippen MR) is 79.2 cm³/mol. The molecule has 1 atom stereocenters. The van der Waals surface area contributed by atoms with Gasteiger partial charge in [0.05, 0.1) is 0 Å².